The first-order valence-electron chi connectivity index (χ1n) is 9.69. The topological polar surface area (TPSA) is 44.9 Å². The molecule has 1 saturated carbocycles. The van der Waals surface area contributed by atoms with Gasteiger partial charge in [0.25, 0.3) is 11.8 Å². The first-order chi connectivity index (χ1) is 14.2. The van der Waals surface area contributed by atoms with Crippen LogP contribution in [0.25, 0.3) is 22.2 Å². The first kappa shape index (κ1) is 19.1. The zero-order valence-corrected chi connectivity index (χ0v) is 15.7. The summed E-state index contributed by atoms with van der Waals surface area (Å²) >= 11 is 0. The minimum absolute atomic E-state index is 0.0478. The van der Waals surface area contributed by atoms with Gasteiger partial charge in [0.15, 0.2) is 0 Å². The lowest BCUT2D eigenvalue weighted by atomic mass is 9.94. The average molecular weight is 420 g/mol. The molecule has 5 rings (SSSR count). The second kappa shape index (κ2) is 6.30. The summed E-state index contributed by atoms with van der Waals surface area (Å²) in [6.07, 6.45) is -3.78. The van der Waals surface area contributed by atoms with Crippen LogP contribution in [0, 0.1) is 5.92 Å². The van der Waals surface area contributed by atoms with Crippen molar-refractivity contribution in [3.8, 4) is 11.3 Å². The van der Waals surface area contributed by atoms with Crippen molar-refractivity contribution in [2.45, 2.75) is 31.4 Å². The summed E-state index contributed by atoms with van der Waals surface area (Å²) in [6, 6.07) is 7.63. The molecule has 0 unspecified atom stereocenters. The third-order valence-corrected chi connectivity index (χ3v) is 5.86. The van der Waals surface area contributed by atoms with Gasteiger partial charge in [-0.25, -0.2) is 8.78 Å². The number of nitrogens with one attached hydrogen (secondary N) is 2. The van der Waals surface area contributed by atoms with Crippen molar-refractivity contribution in [1.82, 2.24) is 10.3 Å². The van der Waals surface area contributed by atoms with Gasteiger partial charge in [0.2, 0.25) is 0 Å². The first-order valence-corrected chi connectivity index (χ1v) is 9.69. The van der Waals surface area contributed by atoms with E-state index in [9.17, 15) is 26.7 Å². The van der Waals surface area contributed by atoms with Crippen LogP contribution in [0.1, 0.15) is 39.9 Å². The van der Waals surface area contributed by atoms with Crippen LogP contribution in [0.3, 0.4) is 0 Å². The number of carbonyl (C=O) groups is 1. The summed E-state index contributed by atoms with van der Waals surface area (Å²) in [4.78, 5) is 15.4. The van der Waals surface area contributed by atoms with E-state index in [1.54, 1.807) is 18.2 Å². The zero-order valence-electron chi connectivity index (χ0n) is 15.7. The number of aromatic amines is 1. The molecule has 1 aliphatic heterocycles. The maximum absolute atomic E-state index is 14.8. The number of halogens is 5. The Hall–Kier alpha value is -2.90. The molecular weight excluding hydrogens is 403 g/mol. The summed E-state index contributed by atoms with van der Waals surface area (Å²) < 4.78 is 70.1. The van der Waals surface area contributed by atoms with Crippen LogP contribution in [-0.2, 0) is 18.5 Å². The highest BCUT2D eigenvalue weighted by Gasteiger charge is 2.49. The summed E-state index contributed by atoms with van der Waals surface area (Å²) in [6.45, 7) is 0.303. The monoisotopic (exact) mass is 420 g/mol. The standard InChI is InChI=1S/C22H17F5N2O/c23-21(24,12-4-5-12)13-8-11(9-14(10-13)22(25,26)27)19-15-6-7-28-20(30)16-2-1-3-17(29-19)18(15)16/h1-3,8-10,12,29H,4-7H2,(H,28,30). The SMILES string of the molecule is O=C1NCCc2c(-c3cc(C(F)(F)F)cc(C(F)(F)C4CC4)c3)[nH]c3cccc1c23. The molecule has 156 valence electrons. The summed E-state index contributed by atoms with van der Waals surface area (Å²) in [5.74, 6) is -4.51. The molecule has 0 spiro atoms. The van der Waals surface area contributed by atoms with Crippen molar-refractivity contribution in [3.05, 3.63) is 58.7 Å². The Labute approximate surface area is 168 Å². The van der Waals surface area contributed by atoms with Crippen LogP contribution in [0.5, 0.6) is 0 Å². The smallest absolute Gasteiger partial charge is 0.354 e. The highest BCUT2D eigenvalue weighted by molar-refractivity contribution is 6.10. The van der Waals surface area contributed by atoms with Crippen molar-refractivity contribution in [3.63, 3.8) is 0 Å². The normalized spacial score (nSPS) is 17.2. The van der Waals surface area contributed by atoms with Crippen LogP contribution >= 0.6 is 0 Å². The summed E-state index contributed by atoms with van der Waals surface area (Å²) in [7, 11) is 0. The molecule has 2 aromatic carbocycles. The molecule has 8 heteroatoms. The lowest BCUT2D eigenvalue weighted by Gasteiger charge is -2.19. The number of amides is 1. The molecule has 0 radical (unpaired) electrons. The molecule has 3 aromatic rings. The number of hydrogen-bond acceptors (Lipinski definition) is 1. The van der Waals surface area contributed by atoms with E-state index in [1.807, 2.05) is 0 Å². The average Bonchev–Trinajstić information content (AvgIpc) is 3.50. The van der Waals surface area contributed by atoms with Crippen LogP contribution in [0.2, 0.25) is 0 Å². The number of alkyl halides is 5. The predicted molar refractivity (Wildman–Crippen MR) is 101 cm³/mol. The Kier molecular flexibility index (Phi) is 4.01. The number of rotatable bonds is 3. The Balaban J connectivity index is 1.76. The fourth-order valence-electron chi connectivity index (χ4n) is 4.21. The number of aromatic nitrogens is 1. The Morgan fingerprint density at radius 3 is 2.40 bits per heavy atom. The molecule has 1 aliphatic carbocycles. The van der Waals surface area contributed by atoms with Gasteiger partial charge in [0.1, 0.15) is 0 Å². The zero-order chi connectivity index (χ0) is 21.3. The van der Waals surface area contributed by atoms with Gasteiger partial charge >= 0.3 is 6.18 Å². The van der Waals surface area contributed by atoms with Crippen LogP contribution in [-0.4, -0.2) is 17.4 Å². The quantitative estimate of drug-likeness (QED) is 0.529. The fourth-order valence-corrected chi connectivity index (χ4v) is 4.21. The molecule has 1 aromatic heterocycles. The molecule has 2 aliphatic rings. The summed E-state index contributed by atoms with van der Waals surface area (Å²) in [5, 5.41) is 3.38. The molecule has 0 saturated heterocycles. The van der Waals surface area contributed by atoms with Crippen molar-refractivity contribution in [2.75, 3.05) is 6.54 Å². The number of hydrogen-bond donors (Lipinski definition) is 2. The highest BCUT2D eigenvalue weighted by Crippen LogP contribution is 2.51. The fraction of sp³-hybridized carbons (Fsp3) is 0.318. The molecule has 2 heterocycles. The van der Waals surface area contributed by atoms with E-state index >= 15 is 0 Å². The van der Waals surface area contributed by atoms with E-state index in [1.165, 1.54) is 0 Å². The van der Waals surface area contributed by atoms with E-state index in [-0.39, 0.29) is 11.5 Å². The Morgan fingerprint density at radius 2 is 1.70 bits per heavy atom. The summed E-state index contributed by atoms with van der Waals surface area (Å²) in [5.41, 5.74) is 0.312. The Bertz CT molecular complexity index is 1170. The molecule has 30 heavy (non-hydrogen) atoms. The molecule has 2 N–H and O–H groups in total. The largest absolute Gasteiger partial charge is 0.416 e. The van der Waals surface area contributed by atoms with Crippen LogP contribution < -0.4 is 5.32 Å². The maximum atomic E-state index is 14.8. The van der Waals surface area contributed by atoms with Crippen LogP contribution in [0.4, 0.5) is 22.0 Å². The second-order valence-electron chi connectivity index (χ2n) is 7.91. The minimum Gasteiger partial charge on any atom is -0.354 e. The van der Waals surface area contributed by atoms with Crippen molar-refractivity contribution < 1.29 is 26.7 Å². The van der Waals surface area contributed by atoms with Gasteiger partial charge < -0.3 is 10.3 Å². The van der Waals surface area contributed by atoms with E-state index in [2.05, 4.69) is 10.3 Å². The van der Waals surface area contributed by atoms with Gasteiger partial charge in [0, 0.05) is 40.2 Å². The molecular formula is C22H17F5N2O. The number of benzene rings is 2. The van der Waals surface area contributed by atoms with Gasteiger partial charge in [-0.1, -0.05) is 6.07 Å². The predicted octanol–water partition coefficient (Wildman–Crippen LogP) is 5.64. The van der Waals surface area contributed by atoms with Crippen molar-refractivity contribution in [2.24, 2.45) is 5.92 Å². The molecule has 1 fully saturated rings. The molecule has 0 bridgehead atoms. The highest BCUT2D eigenvalue weighted by atomic mass is 19.4. The third kappa shape index (κ3) is 2.97. The van der Waals surface area contributed by atoms with Gasteiger partial charge in [-0.15, -0.1) is 0 Å². The number of H-pyrrole nitrogens is 1. The van der Waals surface area contributed by atoms with Gasteiger partial charge in [-0.3, -0.25) is 4.79 Å². The van der Waals surface area contributed by atoms with E-state index in [4.69, 9.17) is 0 Å². The lowest BCUT2D eigenvalue weighted by Crippen LogP contribution is -2.23. The third-order valence-electron chi connectivity index (χ3n) is 5.86. The maximum Gasteiger partial charge on any atom is 0.416 e. The van der Waals surface area contributed by atoms with Crippen molar-refractivity contribution >= 4 is 16.8 Å². The van der Waals surface area contributed by atoms with Gasteiger partial charge in [-0.05, 0) is 60.7 Å². The van der Waals surface area contributed by atoms with Crippen molar-refractivity contribution in [1.29, 1.82) is 0 Å². The van der Waals surface area contributed by atoms with E-state index in [0.717, 1.165) is 12.1 Å². The molecule has 3 nitrogen and oxygen atoms in total. The van der Waals surface area contributed by atoms with E-state index < -0.39 is 29.1 Å². The molecule has 0 atom stereocenters. The molecule has 1 amide bonds. The van der Waals surface area contributed by atoms with Crippen LogP contribution in [0.15, 0.2) is 36.4 Å². The Morgan fingerprint density at radius 1 is 0.967 bits per heavy atom. The second-order valence-corrected chi connectivity index (χ2v) is 7.91. The van der Waals surface area contributed by atoms with Gasteiger partial charge in [-0.2, -0.15) is 13.2 Å². The number of carbonyl (C=O) groups excluding carboxylic acids is 1. The van der Waals surface area contributed by atoms with E-state index in [0.29, 0.717) is 59.6 Å². The minimum atomic E-state index is -4.76. The van der Waals surface area contributed by atoms with Gasteiger partial charge in [0.05, 0.1) is 5.56 Å². The lowest BCUT2D eigenvalue weighted by molar-refractivity contribution is -0.137.